The van der Waals surface area contributed by atoms with Crippen molar-refractivity contribution in [1.82, 2.24) is 0 Å². The van der Waals surface area contributed by atoms with Crippen LogP contribution < -0.4 is 11.1 Å². The van der Waals surface area contributed by atoms with Crippen molar-refractivity contribution in [3.8, 4) is 0 Å². The standard InChI is InChI=1S/C13H20N2O3S/c1-18-13-5-3-4-12(13)15-11-7-6-9(8-10(11)14)19(2,16)17/h6-8,12-13,15H,3-5,14H2,1-2H3. The van der Waals surface area contributed by atoms with Crippen LogP contribution in [0.4, 0.5) is 11.4 Å². The van der Waals surface area contributed by atoms with E-state index in [1.807, 2.05) is 0 Å². The highest BCUT2D eigenvalue weighted by Gasteiger charge is 2.27. The number of methoxy groups -OCH3 is 1. The minimum atomic E-state index is -3.22. The first-order valence-corrected chi connectivity index (χ1v) is 8.20. The molecule has 0 aliphatic heterocycles. The van der Waals surface area contributed by atoms with Gasteiger partial charge in [-0.2, -0.15) is 0 Å². The SMILES string of the molecule is COC1CCCC1Nc1ccc(S(C)(=O)=O)cc1N. The molecule has 1 fully saturated rings. The molecule has 5 nitrogen and oxygen atoms in total. The van der Waals surface area contributed by atoms with E-state index < -0.39 is 9.84 Å². The first kappa shape index (κ1) is 14.1. The van der Waals surface area contributed by atoms with Crippen LogP contribution in [0.25, 0.3) is 0 Å². The molecule has 2 atom stereocenters. The van der Waals surface area contributed by atoms with E-state index in [0.29, 0.717) is 5.69 Å². The second kappa shape index (κ2) is 5.38. The van der Waals surface area contributed by atoms with E-state index in [1.165, 1.54) is 12.3 Å². The predicted octanol–water partition coefficient (Wildman–Crippen LogP) is 1.65. The van der Waals surface area contributed by atoms with Crippen LogP contribution in [-0.4, -0.2) is 33.9 Å². The minimum Gasteiger partial charge on any atom is -0.397 e. The molecule has 2 rings (SSSR count). The van der Waals surface area contributed by atoms with E-state index in [9.17, 15) is 8.42 Å². The maximum atomic E-state index is 11.4. The molecule has 1 saturated carbocycles. The number of hydrogen-bond acceptors (Lipinski definition) is 5. The number of anilines is 2. The van der Waals surface area contributed by atoms with Gasteiger partial charge in [0.1, 0.15) is 0 Å². The quantitative estimate of drug-likeness (QED) is 0.822. The summed E-state index contributed by atoms with van der Waals surface area (Å²) in [5, 5.41) is 3.34. The van der Waals surface area contributed by atoms with Gasteiger partial charge in [0.05, 0.1) is 28.4 Å². The van der Waals surface area contributed by atoms with Gasteiger partial charge in [0.25, 0.3) is 0 Å². The molecule has 1 aliphatic rings. The van der Waals surface area contributed by atoms with Gasteiger partial charge in [-0.3, -0.25) is 0 Å². The third-order valence-electron chi connectivity index (χ3n) is 3.55. The molecule has 0 heterocycles. The van der Waals surface area contributed by atoms with Crippen molar-refractivity contribution in [3.63, 3.8) is 0 Å². The van der Waals surface area contributed by atoms with Crippen LogP contribution in [-0.2, 0) is 14.6 Å². The lowest BCUT2D eigenvalue weighted by Gasteiger charge is -2.22. The lowest BCUT2D eigenvalue weighted by atomic mass is 10.2. The number of rotatable bonds is 4. The van der Waals surface area contributed by atoms with Crippen molar-refractivity contribution in [3.05, 3.63) is 18.2 Å². The average Bonchev–Trinajstić information content (AvgIpc) is 2.77. The van der Waals surface area contributed by atoms with E-state index in [-0.39, 0.29) is 17.0 Å². The van der Waals surface area contributed by atoms with E-state index in [0.717, 1.165) is 24.9 Å². The van der Waals surface area contributed by atoms with Crippen LogP contribution >= 0.6 is 0 Å². The van der Waals surface area contributed by atoms with Crippen molar-refractivity contribution in [2.75, 3.05) is 24.4 Å². The molecule has 2 unspecified atom stereocenters. The normalized spacial score (nSPS) is 23.5. The highest BCUT2D eigenvalue weighted by Crippen LogP contribution is 2.29. The maximum absolute atomic E-state index is 11.4. The summed E-state index contributed by atoms with van der Waals surface area (Å²) in [6.45, 7) is 0. The van der Waals surface area contributed by atoms with Crippen molar-refractivity contribution in [2.45, 2.75) is 36.3 Å². The van der Waals surface area contributed by atoms with Gasteiger partial charge >= 0.3 is 0 Å². The topological polar surface area (TPSA) is 81.4 Å². The Morgan fingerprint density at radius 1 is 1.37 bits per heavy atom. The third-order valence-corrected chi connectivity index (χ3v) is 4.66. The second-order valence-electron chi connectivity index (χ2n) is 4.98. The Hall–Kier alpha value is -1.27. The van der Waals surface area contributed by atoms with Crippen molar-refractivity contribution < 1.29 is 13.2 Å². The van der Waals surface area contributed by atoms with E-state index in [1.54, 1.807) is 19.2 Å². The van der Waals surface area contributed by atoms with Gasteiger partial charge in [-0.05, 0) is 37.5 Å². The number of nitrogen functional groups attached to an aromatic ring is 1. The molecule has 106 valence electrons. The number of sulfone groups is 1. The van der Waals surface area contributed by atoms with Crippen LogP contribution in [0.2, 0.25) is 0 Å². The minimum absolute atomic E-state index is 0.189. The molecular weight excluding hydrogens is 264 g/mol. The average molecular weight is 284 g/mol. The Kier molecular flexibility index (Phi) is 4.01. The number of ether oxygens (including phenoxy) is 1. The molecule has 6 heteroatoms. The fourth-order valence-corrected chi connectivity index (χ4v) is 3.13. The van der Waals surface area contributed by atoms with Crippen molar-refractivity contribution in [1.29, 1.82) is 0 Å². The molecule has 0 saturated heterocycles. The number of nitrogens with two attached hydrogens (primary N) is 1. The largest absolute Gasteiger partial charge is 0.397 e. The summed E-state index contributed by atoms with van der Waals surface area (Å²) in [5.41, 5.74) is 7.13. The molecule has 1 aromatic rings. The Morgan fingerprint density at radius 2 is 2.11 bits per heavy atom. The van der Waals surface area contributed by atoms with Gasteiger partial charge in [-0.1, -0.05) is 0 Å². The Balaban J connectivity index is 2.18. The lowest BCUT2D eigenvalue weighted by molar-refractivity contribution is 0.101. The first-order valence-electron chi connectivity index (χ1n) is 6.30. The summed E-state index contributed by atoms with van der Waals surface area (Å²) in [6, 6.07) is 5.02. The van der Waals surface area contributed by atoms with Gasteiger partial charge < -0.3 is 15.8 Å². The zero-order valence-corrected chi connectivity index (χ0v) is 12.0. The van der Waals surface area contributed by atoms with Crippen LogP contribution in [0.5, 0.6) is 0 Å². The summed E-state index contributed by atoms with van der Waals surface area (Å²) in [7, 11) is -1.51. The molecule has 3 N–H and O–H groups in total. The lowest BCUT2D eigenvalue weighted by Crippen LogP contribution is -2.30. The molecule has 1 aliphatic carbocycles. The molecular formula is C13H20N2O3S. The summed E-state index contributed by atoms with van der Waals surface area (Å²) in [4.78, 5) is 0.241. The van der Waals surface area contributed by atoms with Gasteiger partial charge in [-0.15, -0.1) is 0 Å². The molecule has 0 aromatic heterocycles. The van der Waals surface area contributed by atoms with E-state index >= 15 is 0 Å². The fourth-order valence-electron chi connectivity index (χ4n) is 2.48. The predicted molar refractivity (Wildman–Crippen MR) is 76.0 cm³/mol. The van der Waals surface area contributed by atoms with Crippen molar-refractivity contribution >= 4 is 21.2 Å². The molecule has 0 spiro atoms. The number of hydrogen-bond donors (Lipinski definition) is 2. The Morgan fingerprint density at radius 3 is 2.68 bits per heavy atom. The van der Waals surface area contributed by atoms with Gasteiger partial charge in [0.15, 0.2) is 9.84 Å². The summed E-state index contributed by atoms with van der Waals surface area (Å²) < 4.78 is 28.3. The molecule has 0 radical (unpaired) electrons. The number of nitrogens with one attached hydrogen (secondary N) is 1. The van der Waals surface area contributed by atoms with E-state index in [2.05, 4.69) is 5.32 Å². The van der Waals surface area contributed by atoms with Crippen LogP contribution in [0, 0.1) is 0 Å². The zero-order valence-electron chi connectivity index (χ0n) is 11.2. The zero-order chi connectivity index (χ0) is 14.0. The van der Waals surface area contributed by atoms with Crippen LogP contribution in [0.1, 0.15) is 19.3 Å². The fraction of sp³-hybridized carbons (Fsp3) is 0.538. The van der Waals surface area contributed by atoms with Crippen LogP contribution in [0.15, 0.2) is 23.1 Å². The second-order valence-corrected chi connectivity index (χ2v) is 6.99. The van der Waals surface area contributed by atoms with E-state index in [4.69, 9.17) is 10.5 Å². The molecule has 0 amide bonds. The highest BCUT2D eigenvalue weighted by molar-refractivity contribution is 7.90. The Bertz CT molecular complexity index is 557. The summed E-state index contributed by atoms with van der Waals surface area (Å²) in [6.07, 6.45) is 4.56. The van der Waals surface area contributed by atoms with Gasteiger partial charge in [-0.25, -0.2) is 8.42 Å². The van der Waals surface area contributed by atoms with Gasteiger partial charge in [0, 0.05) is 13.4 Å². The first-order chi connectivity index (χ1) is 8.91. The highest BCUT2D eigenvalue weighted by atomic mass is 32.2. The van der Waals surface area contributed by atoms with Crippen molar-refractivity contribution in [2.24, 2.45) is 0 Å². The smallest absolute Gasteiger partial charge is 0.175 e. The summed E-state index contributed by atoms with van der Waals surface area (Å²) in [5.74, 6) is 0. The Labute approximate surface area is 114 Å². The van der Waals surface area contributed by atoms with Crippen LogP contribution in [0.3, 0.4) is 0 Å². The number of benzene rings is 1. The molecule has 19 heavy (non-hydrogen) atoms. The molecule has 0 bridgehead atoms. The third kappa shape index (κ3) is 3.19. The molecule has 1 aromatic carbocycles. The monoisotopic (exact) mass is 284 g/mol. The van der Waals surface area contributed by atoms with Gasteiger partial charge in [0.2, 0.25) is 0 Å². The summed E-state index contributed by atoms with van der Waals surface area (Å²) >= 11 is 0. The maximum Gasteiger partial charge on any atom is 0.175 e.